The van der Waals surface area contributed by atoms with E-state index in [1.807, 2.05) is 0 Å². The summed E-state index contributed by atoms with van der Waals surface area (Å²) in [6, 6.07) is 4.36. The number of hydrogen-bond acceptors (Lipinski definition) is 5. The van der Waals surface area contributed by atoms with E-state index in [2.05, 4.69) is 0 Å². The molecule has 0 fully saturated rings. The van der Waals surface area contributed by atoms with Gasteiger partial charge in [-0.2, -0.15) is 0 Å². The quantitative estimate of drug-likeness (QED) is 0.440. The van der Waals surface area contributed by atoms with Crippen LogP contribution in [0.1, 0.15) is 10.8 Å². The van der Waals surface area contributed by atoms with Gasteiger partial charge < -0.3 is 14.8 Å². The van der Waals surface area contributed by atoms with Gasteiger partial charge >= 0.3 is 35.5 Å². The second kappa shape index (κ2) is 5.65. The fraction of sp³-hybridized carbons (Fsp3) is 0.125. The minimum absolute atomic E-state index is 0. The molecule has 1 atom stereocenters. The Labute approximate surface area is 114 Å². The van der Waals surface area contributed by atoms with Crippen molar-refractivity contribution in [2.75, 3.05) is 0 Å². The summed E-state index contributed by atoms with van der Waals surface area (Å²) in [5.74, 6) is -1.89. The molecular formula is C8H7NaO6S. The van der Waals surface area contributed by atoms with Gasteiger partial charge in [-0.3, -0.25) is 4.79 Å². The summed E-state index contributed by atoms with van der Waals surface area (Å²) >= 11 is 0. The second-order valence-corrected chi connectivity index (χ2v) is 4.26. The molecule has 1 aromatic carbocycles. The molecule has 0 aliphatic rings. The fourth-order valence-electron chi connectivity index (χ4n) is 1.08. The minimum atomic E-state index is -4.96. The molecule has 0 amide bonds. The van der Waals surface area contributed by atoms with Crippen LogP contribution in [0.15, 0.2) is 24.3 Å². The number of benzene rings is 1. The van der Waals surface area contributed by atoms with E-state index in [0.717, 1.165) is 24.3 Å². The van der Waals surface area contributed by atoms with Crippen molar-refractivity contribution in [2.24, 2.45) is 0 Å². The Kier molecular flexibility index (Phi) is 5.43. The Morgan fingerprint density at radius 1 is 1.25 bits per heavy atom. The van der Waals surface area contributed by atoms with Crippen LogP contribution in [-0.4, -0.2) is 29.2 Å². The first-order valence-corrected chi connectivity index (χ1v) is 5.26. The van der Waals surface area contributed by atoms with Gasteiger partial charge in [-0.1, -0.05) is 12.1 Å². The first-order chi connectivity index (χ1) is 6.82. The van der Waals surface area contributed by atoms with E-state index in [0.29, 0.717) is 0 Å². The van der Waals surface area contributed by atoms with Gasteiger partial charge in [0.1, 0.15) is 15.9 Å². The zero-order chi connectivity index (χ0) is 11.6. The first kappa shape index (κ1) is 15.4. The number of carboxylic acids is 1. The van der Waals surface area contributed by atoms with Gasteiger partial charge in [0.2, 0.25) is 0 Å². The SMILES string of the molecule is O=C(O)C(c1ccc(O)cc1)S(=O)(=O)[O-].[Na+]. The third-order valence-electron chi connectivity index (χ3n) is 1.71. The van der Waals surface area contributed by atoms with Gasteiger partial charge in [0.05, 0.1) is 0 Å². The van der Waals surface area contributed by atoms with Crippen molar-refractivity contribution >= 4 is 16.1 Å². The summed E-state index contributed by atoms with van der Waals surface area (Å²) in [5.41, 5.74) is -0.185. The van der Waals surface area contributed by atoms with E-state index in [-0.39, 0.29) is 40.9 Å². The molecule has 0 aliphatic carbocycles. The Balaban J connectivity index is 0.00000225. The molecule has 6 nitrogen and oxygen atoms in total. The van der Waals surface area contributed by atoms with E-state index in [1.54, 1.807) is 0 Å². The van der Waals surface area contributed by atoms with E-state index >= 15 is 0 Å². The van der Waals surface area contributed by atoms with Gasteiger partial charge in [0, 0.05) is 0 Å². The summed E-state index contributed by atoms with van der Waals surface area (Å²) in [4.78, 5) is 10.6. The Morgan fingerprint density at radius 3 is 2.00 bits per heavy atom. The maximum atomic E-state index is 10.7. The van der Waals surface area contributed by atoms with Crippen molar-refractivity contribution in [3.8, 4) is 5.75 Å². The average Bonchev–Trinajstić information content (AvgIpc) is 2.05. The van der Waals surface area contributed by atoms with Crippen molar-refractivity contribution in [3.05, 3.63) is 29.8 Å². The summed E-state index contributed by atoms with van der Waals surface area (Å²) in [6.07, 6.45) is 0. The minimum Gasteiger partial charge on any atom is -0.747 e. The molecule has 0 radical (unpaired) electrons. The number of hydrogen-bond donors (Lipinski definition) is 2. The summed E-state index contributed by atoms with van der Waals surface area (Å²) in [6.45, 7) is 0. The number of rotatable bonds is 3. The number of carbonyl (C=O) groups is 1. The molecule has 0 saturated carbocycles. The average molecular weight is 254 g/mol. The molecule has 16 heavy (non-hydrogen) atoms. The molecule has 82 valence electrons. The molecule has 8 heteroatoms. The second-order valence-electron chi connectivity index (χ2n) is 2.80. The molecule has 2 N–H and O–H groups in total. The molecule has 0 heterocycles. The van der Waals surface area contributed by atoms with Crippen LogP contribution in [0, 0.1) is 0 Å². The molecule has 0 spiro atoms. The molecular weight excluding hydrogens is 247 g/mol. The van der Waals surface area contributed by atoms with Crippen molar-refractivity contribution < 1.29 is 57.5 Å². The molecule has 0 bridgehead atoms. The molecule has 1 rings (SSSR count). The maximum absolute atomic E-state index is 10.7. The van der Waals surface area contributed by atoms with Gasteiger partial charge in [0.25, 0.3) is 0 Å². The molecule has 0 aromatic heterocycles. The summed E-state index contributed by atoms with van der Waals surface area (Å²) < 4.78 is 32.0. The van der Waals surface area contributed by atoms with Crippen LogP contribution >= 0.6 is 0 Å². The van der Waals surface area contributed by atoms with Crippen LogP contribution in [-0.2, 0) is 14.9 Å². The van der Waals surface area contributed by atoms with Crippen LogP contribution in [0.2, 0.25) is 0 Å². The normalized spacial score (nSPS) is 12.6. The number of carboxylic acid groups (broad SMARTS) is 1. The van der Waals surface area contributed by atoms with Crippen LogP contribution in [0.5, 0.6) is 5.75 Å². The van der Waals surface area contributed by atoms with Crippen LogP contribution in [0.25, 0.3) is 0 Å². The third-order valence-corrected chi connectivity index (χ3v) is 2.76. The fourth-order valence-corrected chi connectivity index (χ4v) is 1.82. The van der Waals surface area contributed by atoms with Gasteiger partial charge in [0.15, 0.2) is 5.25 Å². The molecule has 0 aliphatic heterocycles. The predicted octanol–water partition coefficient (Wildman–Crippen LogP) is -2.93. The van der Waals surface area contributed by atoms with E-state index in [4.69, 9.17) is 10.2 Å². The third kappa shape index (κ3) is 3.76. The van der Waals surface area contributed by atoms with Gasteiger partial charge in [-0.15, -0.1) is 0 Å². The largest absolute Gasteiger partial charge is 1.00 e. The Bertz CT molecular complexity index is 466. The van der Waals surface area contributed by atoms with Crippen LogP contribution < -0.4 is 29.6 Å². The van der Waals surface area contributed by atoms with Gasteiger partial charge in [-0.25, -0.2) is 8.42 Å². The number of aliphatic carboxylic acids is 1. The number of phenolic OH excluding ortho intramolecular Hbond substituents is 1. The van der Waals surface area contributed by atoms with Crippen molar-refractivity contribution in [3.63, 3.8) is 0 Å². The number of phenols is 1. The first-order valence-electron chi connectivity index (χ1n) is 3.79. The Morgan fingerprint density at radius 2 is 1.69 bits per heavy atom. The van der Waals surface area contributed by atoms with Crippen molar-refractivity contribution in [1.29, 1.82) is 0 Å². The van der Waals surface area contributed by atoms with E-state index in [9.17, 15) is 17.8 Å². The smallest absolute Gasteiger partial charge is 0.747 e. The molecule has 1 unspecified atom stereocenters. The van der Waals surface area contributed by atoms with Crippen LogP contribution in [0.3, 0.4) is 0 Å². The maximum Gasteiger partial charge on any atom is 1.00 e. The summed E-state index contributed by atoms with van der Waals surface area (Å²) in [7, 11) is -4.96. The molecule has 1 aromatic rings. The number of aromatic hydroxyl groups is 1. The zero-order valence-electron chi connectivity index (χ0n) is 8.32. The standard InChI is InChI=1S/C8H8O6S.Na/c9-6-3-1-5(2-4-6)7(8(10)11)15(12,13)14;/h1-4,7,9H,(H,10,11)(H,12,13,14);/q;+1/p-1. The van der Waals surface area contributed by atoms with Crippen molar-refractivity contribution in [1.82, 2.24) is 0 Å². The topological polar surface area (TPSA) is 115 Å². The summed E-state index contributed by atoms with van der Waals surface area (Å²) in [5, 5.41) is 15.4. The van der Waals surface area contributed by atoms with Crippen LogP contribution in [0.4, 0.5) is 0 Å². The van der Waals surface area contributed by atoms with E-state index in [1.165, 1.54) is 0 Å². The monoisotopic (exact) mass is 254 g/mol. The van der Waals surface area contributed by atoms with Gasteiger partial charge in [-0.05, 0) is 17.7 Å². The molecule has 0 saturated heterocycles. The zero-order valence-corrected chi connectivity index (χ0v) is 11.1. The predicted molar refractivity (Wildman–Crippen MR) is 48.2 cm³/mol. The van der Waals surface area contributed by atoms with E-state index < -0.39 is 21.3 Å². The Hall–Kier alpha value is -0.600. The van der Waals surface area contributed by atoms with Crippen molar-refractivity contribution in [2.45, 2.75) is 5.25 Å².